The first-order valence-electron chi connectivity index (χ1n) is 7.51. The predicted molar refractivity (Wildman–Crippen MR) is 91.0 cm³/mol. The molecule has 0 amide bonds. The molecule has 1 unspecified atom stereocenters. The number of halogens is 2. The fraction of sp³-hybridized carbons (Fsp3) is 0.222. The molecule has 2 aromatic carbocycles. The Morgan fingerprint density at radius 1 is 1.12 bits per heavy atom. The lowest BCUT2D eigenvalue weighted by atomic mass is 9.88. The summed E-state index contributed by atoms with van der Waals surface area (Å²) in [6.07, 6.45) is 3.40. The maximum atomic E-state index is 15.9. The molecular weight excluding hydrogens is 329 g/mol. The Labute approximate surface area is 144 Å². The van der Waals surface area contributed by atoms with Crippen molar-refractivity contribution in [3.05, 3.63) is 77.1 Å². The molecule has 3 aromatic rings. The number of ether oxygens (including phenoxy) is 1. The van der Waals surface area contributed by atoms with Crippen LogP contribution in [0.4, 0.5) is 4.39 Å². The number of aromatic nitrogens is 3. The van der Waals surface area contributed by atoms with Gasteiger partial charge in [-0.05, 0) is 35.4 Å². The molecule has 124 valence electrons. The van der Waals surface area contributed by atoms with Gasteiger partial charge < -0.3 is 4.74 Å². The molecule has 0 aliphatic rings. The van der Waals surface area contributed by atoms with Crippen LogP contribution in [0.3, 0.4) is 0 Å². The first-order chi connectivity index (χ1) is 11.6. The second-order valence-electron chi connectivity index (χ2n) is 5.60. The molecule has 1 heterocycles. The minimum absolute atomic E-state index is 0.0701. The summed E-state index contributed by atoms with van der Waals surface area (Å²) in [5.41, 5.74) is -0.209. The molecule has 0 saturated heterocycles. The van der Waals surface area contributed by atoms with Gasteiger partial charge in [-0.3, -0.25) is 0 Å². The van der Waals surface area contributed by atoms with E-state index >= 15 is 4.39 Å². The van der Waals surface area contributed by atoms with Crippen LogP contribution in [0.1, 0.15) is 11.1 Å². The van der Waals surface area contributed by atoms with Crippen molar-refractivity contribution in [2.45, 2.75) is 18.6 Å². The standard InChI is InChI=1S/C18H17ClFN3O/c1-24-17-8-2-14(3-9-17)12-18(20,13-23-11-10-21-22-23)15-4-6-16(19)7-5-15/h2-11H,12-13H2,1H3. The number of hydrogen-bond acceptors (Lipinski definition) is 3. The lowest BCUT2D eigenvalue weighted by molar-refractivity contribution is 0.129. The van der Waals surface area contributed by atoms with Crippen LogP contribution in [-0.2, 0) is 18.6 Å². The van der Waals surface area contributed by atoms with Gasteiger partial charge in [-0.25, -0.2) is 9.07 Å². The number of methoxy groups -OCH3 is 1. The van der Waals surface area contributed by atoms with Crippen LogP contribution in [0.15, 0.2) is 60.9 Å². The molecular formula is C18H17ClFN3O. The average Bonchev–Trinajstić information content (AvgIpc) is 3.08. The van der Waals surface area contributed by atoms with Crippen molar-refractivity contribution in [2.75, 3.05) is 7.11 Å². The summed E-state index contributed by atoms with van der Waals surface area (Å²) in [6.45, 7) is 0.0701. The lowest BCUT2D eigenvalue weighted by Gasteiger charge is -2.26. The van der Waals surface area contributed by atoms with Gasteiger partial charge in [0.25, 0.3) is 0 Å². The van der Waals surface area contributed by atoms with Gasteiger partial charge in [-0.15, -0.1) is 5.10 Å². The normalized spacial score (nSPS) is 13.5. The zero-order valence-electron chi connectivity index (χ0n) is 13.2. The second-order valence-corrected chi connectivity index (χ2v) is 6.03. The highest BCUT2D eigenvalue weighted by Gasteiger charge is 2.33. The molecule has 0 N–H and O–H groups in total. The molecule has 3 rings (SSSR count). The average molecular weight is 346 g/mol. The summed E-state index contributed by atoms with van der Waals surface area (Å²) in [7, 11) is 1.60. The van der Waals surface area contributed by atoms with E-state index in [0.29, 0.717) is 10.6 Å². The molecule has 0 aliphatic carbocycles. The zero-order chi connectivity index (χ0) is 17.0. The number of nitrogens with zero attached hydrogens (tertiary/aromatic N) is 3. The summed E-state index contributed by atoms with van der Waals surface area (Å²) >= 11 is 5.93. The van der Waals surface area contributed by atoms with Crippen LogP contribution in [-0.4, -0.2) is 22.1 Å². The molecule has 6 heteroatoms. The van der Waals surface area contributed by atoms with E-state index in [2.05, 4.69) is 10.3 Å². The van der Waals surface area contributed by atoms with Crippen LogP contribution in [0.2, 0.25) is 5.02 Å². The van der Waals surface area contributed by atoms with Crippen molar-refractivity contribution in [1.29, 1.82) is 0 Å². The summed E-state index contributed by atoms with van der Waals surface area (Å²) in [4.78, 5) is 0. The van der Waals surface area contributed by atoms with E-state index in [1.54, 1.807) is 37.6 Å². The number of hydrogen-bond donors (Lipinski definition) is 0. The number of benzene rings is 2. The van der Waals surface area contributed by atoms with Gasteiger partial charge in [0.05, 0.1) is 19.9 Å². The highest BCUT2D eigenvalue weighted by Crippen LogP contribution is 2.33. The highest BCUT2D eigenvalue weighted by molar-refractivity contribution is 6.30. The lowest BCUT2D eigenvalue weighted by Crippen LogP contribution is -2.29. The van der Waals surface area contributed by atoms with Crippen LogP contribution in [0, 0.1) is 0 Å². The van der Waals surface area contributed by atoms with E-state index in [-0.39, 0.29) is 13.0 Å². The minimum atomic E-state index is -1.63. The molecule has 4 nitrogen and oxygen atoms in total. The van der Waals surface area contributed by atoms with Crippen molar-refractivity contribution in [2.24, 2.45) is 0 Å². The largest absolute Gasteiger partial charge is 0.497 e. The molecule has 0 saturated carbocycles. The van der Waals surface area contributed by atoms with Crippen molar-refractivity contribution in [3.8, 4) is 5.75 Å². The number of alkyl halides is 1. The van der Waals surface area contributed by atoms with Gasteiger partial charge in [0.15, 0.2) is 5.67 Å². The topological polar surface area (TPSA) is 39.9 Å². The third-order valence-corrected chi connectivity index (χ3v) is 4.14. The Bertz CT molecular complexity index is 775. The molecule has 0 spiro atoms. The predicted octanol–water partition coefficient (Wildman–Crippen LogP) is 4.05. The Balaban J connectivity index is 1.92. The maximum Gasteiger partial charge on any atom is 0.159 e. The van der Waals surface area contributed by atoms with Gasteiger partial charge in [-0.2, -0.15) is 0 Å². The van der Waals surface area contributed by atoms with E-state index in [4.69, 9.17) is 16.3 Å². The van der Waals surface area contributed by atoms with Crippen molar-refractivity contribution < 1.29 is 9.13 Å². The van der Waals surface area contributed by atoms with Gasteiger partial charge in [0, 0.05) is 17.6 Å². The van der Waals surface area contributed by atoms with Crippen molar-refractivity contribution in [3.63, 3.8) is 0 Å². The monoisotopic (exact) mass is 345 g/mol. The van der Waals surface area contributed by atoms with E-state index in [1.165, 1.54) is 10.9 Å². The zero-order valence-corrected chi connectivity index (χ0v) is 13.9. The third-order valence-electron chi connectivity index (χ3n) is 3.89. The Morgan fingerprint density at radius 2 is 1.83 bits per heavy atom. The van der Waals surface area contributed by atoms with Crippen LogP contribution in [0.25, 0.3) is 0 Å². The van der Waals surface area contributed by atoms with Gasteiger partial charge in [0.1, 0.15) is 5.75 Å². The SMILES string of the molecule is COc1ccc(CC(F)(Cn2ccnn2)c2ccc(Cl)cc2)cc1. The number of rotatable bonds is 6. The highest BCUT2D eigenvalue weighted by atomic mass is 35.5. The summed E-state index contributed by atoms with van der Waals surface area (Å²) in [5, 5.41) is 8.22. The smallest absolute Gasteiger partial charge is 0.159 e. The van der Waals surface area contributed by atoms with Crippen molar-refractivity contribution >= 4 is 11.6 Å². The van der Waals surface area contributed by atoms with Crippen LogP contribution < -0.4 is 4.74 Å². The first kappa shape index (κ1) is 16.5. The minimum Gasteiger partial charge on any atom is -0.497 e. The summed E-state index contributed by atoms with van der Waals surface area (Å²) < 4.78 is 22.6. The third kappa shape index (κ3) is 3.74. The Morgan fingerprint density at radius 3 is 2.42 bits per heavy atom. The molecule has 0 radical (unpaired) electrons. The van der Waals surface area contributed by atoms with Gasteiger partial charge in [0.2, 0.25) is 0 Å². The van der Waals surface area contributed by atoms with E-state index in [0.717, 1.165) is 11.3 Å². The van der Waals surface area contributed by atoms with E-state index < -0.39 is 5.67 Å². The first-order valence-corrected chi connectivity index (χ1v) is 7.89. The van der Waals surface area contributed by atoms with Gasteiger partial charge in [-0.1, -0.05) is 41.1 Å². The molecule has 24 heavy (non-hydrogen) atoms. The molecule has 1 aromatic heterocycles. The maximum absolute atomic E-state index is 15.9. The fourth-order valence-electron chi connectivity index (χ4n) is 2.64. The van der Waals surface area contributed by atoms with Crippen LogP contribution >= 0.6 is 11.6 Å². The molecule has 0 bridgehead atoms. The summed E-state index contributed by atoms with van der Waals surface area (Å²) in [5.74, 6) is 0.742. The molecule has 1 atom stereocenters. The summed E-state index contributed by atoms with van der Waals surface area (Å²) in [6, 6.07) is 14.2. The second kappa shape index (κ2) is 7.01. The molecule has 0 aliphatic heterocycles. The van der Waals surface area contributed by atoms with Gasteiger partial charge >= 0.3 is 0 Å². The Kier molecular flexibility index (Phi) is 4.81. The quantitative estimate of drug-likeness (QED) is 0.676. The Hall–Kier alpha value is -2.40. The van der Waals surface area contributed by atoms with E-state index in [9.17, 15) is 0 Å². The fourth-order valence-corrected chi connectivity index (χ4v) is 2.76. The van der Waals surface area contributed by atoms with Crippen molar-refractivity contribution in [1.82, 2.24) is 15.0 Å². The molecule has 0 fully saturated rings. The van der Waals surface area contributed by atoms with Crippen LogP contribution in [0.5, 0.6) is 5.75 Å². The van der Waals surface area contributed by atoms with E-state index in [1.807, 2.05) is 24.3 Å².